The van der Waals surface area contributed by atoms with Gasteiger partial charge in [0.15, 0.2) is 6.10 Å². The van der Waals surface area contributed by atoms with Gasteiger partial charge in [-0.1, -0.05) is 24.9 Å². The Hall–Kier alpha value is -1.79. The Morgan fingerprint density at radius 2 is 2.24 bits per heavy atom. The zero-order valence-electron chi connectivity index (χ0n) is 11.7. The van der Waals surface area contributed by atoms with E-state index < -0.39 is 17.9 Å². The Morgan fingerprint density at radius 3 is 2.86 bits per heavy atom. The number of aliphatic hydroxyl groups excluding tert-OH is 1. The standard InChI is InChI=1S/C14H18ClN3O3/c1-2-3-4-18(7-12(16)19)11-6-10-8(5-9(11)15)13(20)14(21)17-10/h5-6,13,20H,2-4,7H2,1H3,(H2,16,19)(H,17,21). The van der Waals surface area contributed by atoms with E-state index in [1.54, 1.807) is 17.0 Å². The zero-order valence-corrected chi connectivity index (χ0v) is 12.5. The van der Waals surface area contributed by atoms with Crippen molar-refractivity contribution < 1.29 is 14.7 Å². The third-order valence-electron chi connectivity index (χ3n) is 3.39. The number of hydrogen-bond acceptors (Lipinski definition) is 4. The summed E-state index contributed by atoms with van der Waals surface area (Å²) in [6.07, 6.45) is 0.648. The Morgan fingerprint density at radius 1 is 1.52 bits per heavy atom. The lowest BCUT2D eigenvalue weighted by Crippen LogP contribution is -2.34. The van der Waals surface area contributed by atoms with Crippen molar-refractivity contribution in [3.05, 3.63) is 22.7 Å². The van der Waals surface area contributed by atoms with E-state index in [-0.39, 0.29) is 6.54 Å². The fraction of sp³-hybridized carbons (Fsp3) is 0.429. The van der Waals surface area contributed by atoms with Crippen LogP contribution in [0.5, 0.6) is 0 Å². The van der Waals surface area contributed by atoms with Crippen LogP contribution >= 0.6 is 11.6 Å². The fourth-order valence-electron chi connectivity index (χ4n) is 2.32. The van der Waals surface area contributed by atoms with Crippen molar-refractivity contribution in [1.82, 2.24) is 0 Å². The van der Waals surface area contributed by atoms with E-state index in [0.717, 1.165) is 12.8 Å². The van der Waals surface area contributed by atoms with E-state index in [2.05, 4.69) is 5.32 Å². The third-order valence-corrected chi connectivity index (χ3v) is 3.69. The van der Waals surface area contributed by atoms with Gasteiger partial charge in [-0.05, 0) is 18.6 Å². The Bertz CT molecular complexity index is 577. The van der Waals surface area contributed by atoms with Gasteiger partial charge in [0, 0.05) is 17.8 Å². The number of nitrogens with zero attached hydrogens (tertiary/aromatic N) is 1. The molecule has 0 spiro atoms. The van der Waals surface area contributed by atoms with Gasteiger partial charge >= 0.3 is 0 Å². The van der Waals surface area contributed by atoms with Crippen LogP contribution in [-0.2, 0) is 9.59 Å². The van der Waals surface area contributed by atoms with Gasteiger partial charge in [0.1, 0.15) is 0 Å². The molecule has 1 aliphatic rings. The maximum absolute atomic E-state index is 11.5. The second-order valence-corrected chi connectivity index (χ2v) is 5.43. The summed E-state index contributed by atoms with van der Waals surface area (Å²) in [4.78, 5) is 24.5. The summed E-state index contributed by atoms with van der Waals surface area (Å²) in [5, 5.41) is 12.7. The number of anilines is 2. The minimum Gasteiger partial charge on any atom is -0.378 e. The molecule has 0 bridgehead atoms. The first-order valence-corrected chi connectivity index (χ1v) is 7.17. The van der Waals surface area contributed by atoms with Gasteiger partial charge in [-0.15, -0.1) is 0 Å². The zero-order chi connectivity index (χ0) is 15.6. The van der Waals surface area contributed by atoms with Gasteiger partial charge in [-0.25, -0.2) is 0 Å². The number of halogens is 1. The van der Waals surface area contributed by atoms with Crippen molar-refractivity contribution in [2.24, 2.45) is 5.73 Å². The lowest BCUT2D eigenvalue weighted by atomic mass is 10.1. The molecule has 114 valence electrons. The van der Waals surface area contributed by atoms with E-state index in [1.807, 2.05) is 6.92 Å². The van der Waals surface area contributed by atoms with Crippen molar-refractivity contribution in [2.45, 2.75) is 25.9 Å². The number of carbonyl (C=O) groups is 2. The molecule has 1 aromatic carbocycles. The average molecular weight is 312 g/mol. The van der Waals surface area contributed by atoms with Gasteiger partial charge in [0.05, 0.1) is 17.3 Å². The van der Waals surface area contributed by atoms with E-state index in [1.165, 1.54) is 0 Å². The summed E-state index contributed by atoms with van der Waals surface area (Å²) in [6, 6.07) is 3.22. The molecule has 0 radical (unpaired) electrons. The van der Waals surface area contributed by atoms with Gasteiger partial charge in [0.25, 0.3) is 5.91 Å². The highest BCUT2D eigenvalue weighted by Crippen LogP contribution is 2.38. The molecule has 7 heteroatoms. The molecule has 0 aromatic heterocycles. The first kappa shape index (κ1) is 15.6. The number of unbranched alkanes of at least 4 members (excludes halogenated alkanes) is 1. The van der Waals surface area contributed by atoms with Crippen LogP contribution in [0, 0.1) is 0 Å². The van der Waals surface area contributed by atoms with Crippen LogP contribution in [-0.4, -0.2) is 30.0 Å². The minimum atomic E-state index is -1.20. The van der Waals surface area contributed by atoms with Gasteiger partial charge in [-0.3, -0.25) is 9.59 Å². The second-order valence-electron chi connectivity index (χ2n) is 5.02. The number of fused-ring (bicyclic) bond motifs is 1. The highest BCUT2D eigenvalue weighted by molar-refractivity contribution is 6.33. The van der Waals surface area contributed by atoms with Crippen molar-refractivity contribution in [3.63, 3.8) is 0 Å². The Balaban J connectivity index is 2.35. The Labute approximate surface area is 127 Å². The monoisotopic (exact) mass is 311 g/mol. The molecule has 1 aliphatic heterocycles. The Kier molecular flexibility index (Phi) is 4.69. The SMILES string of the molecule is CCCCN(CC(N)=O)c1cc2c(cc1Cl)C(O)C(=O)N2. The van der Waals surface area contributed by atoms with Crippen molar-refractivity contribution in [2.75, 3.05) is 23.3 Å². The molecule has 2 rings (SSSR count). The molecule has 1 atom stereocenters. The molecule has 1 unspecified atom stereocenters. The molecule has 0 saturated heterocycles. The molecule has 1 heterocycles. The van der Waals surface area contributed by atoms with Crippen LogP contribution in [0.25, 0.3) is 0 Å². The van der Waals surface area contributed by atoms with E-state index in [9.17, 15) is 14.7 Å². The quantitative estimate of drug-likeness (QED) is 0.740. The maximum Gasteiger partial charge on any atom is 0.257 e. The van der Waals surface area contributed by atoms with Crippen molar-refractivity contribution in [3.8, 4) is 0 Å². The summed E-state index contributed by atoms with van der Waals surface area (Å²) in [5.41, 5.74) is 6.86. The maximum atomic E-state index is 11.5. The smallest absolute Gasteiger partial charge is 0.257 e. The van der Waals surface area contributed by atoms with Gasteiger partial charge in [0.2, 0.25) is 5.91 Å². The fourth-order valence-corrected chi connectivity index (χ4v) is 2.61. The number of carbonyl (C=O) groups excluding carboxylic acids is 2. The van der Waals surface area contributed by atoms with Crippen LogP contribution in [0.15, 0.2) is 12.1 Å². The number of benzene rings is 1. The minimum absolute atomic E-state index is 0.0506. The number of aliphatic hydroxyl groups is 1. The first-order valence-electron chi connectivity index (χ1n) is 6.79. The summed E-state index contributed by atoms with van der Waals surface area (Å²) in [6.45, 7) is 2.73. The molecular formula is C14H18ClN3O3. The van der Waals surface area contributed by atoms with Crippen molar-refractivity contribution >= 4 is 34.8 Å². The van der Waals surface area contributed by atoms with Crippen LogP contribution in [0.1, 0.15) is 31.4 Å². The molecule has 0 saturated carbocycles. The summed E-state index contributed by atoms with van der Waals surface area (Å²) < 4.78 is 0. The summed E-state index contributed by atoms with van der Waals surface area (Å²) in [7, 11) is 0. The summed E-state index contributed by atoms with van der Waals surface area (Å²) >= 11 is 6.23. The number of nitrogens with two attached hydrogens (primary N) is 1. The predicted molar refractivity (Wildman–Crippen MR) is 81.4 cm³/mol. The highest BCUT2D eigenvalue weighted by atomic mass is 35.5. The normalized spacial score (nSPS) is 16.5. The van der Waals surface area contributed by atoms with Gasteiger partial charge < -0.3 is 21.1 Å². The second kappa shape index (κ2) is 6.32. The molecule has 4 N–H and O–H groups in total. The van der Waals surface area contributed by atoms with E-state index in [0.29, 0.717) is 28.5 Å². The topological polar surface area (TPSA) is 95.7 Å². The number of nitrogens with one attached hydrogen (secondary N) is 1. The number of hydrogen-bond donors (Lipinski definition) is 3. The molecule has 0 fully saturated rings. The molecule has 6 nitrogen and oxygen atoms in total. The van der Waals surface area contributed by atoms with E-state index in [4.69, 9.17) is 17.3 Å². The van der Waals surface area contributed by atoms with Crippen molar-refractivity contribution in [1.29, 1.82) is 0 Å². The predicted octanol–water partition coefficient (Wildman–Crippen LogP) is 1.42. The molecule has 0 aliphatic carbocycles. The molecule has 21 heavy (non-hydrogen) atoms. The lowest BCUT2D eigenvalue weighted by molar-refractivity contribution is -0.123. The number of rotatable bonds is 6. The van der Waals surface area contributed by atoms with Crippen LogP contribution < -0.4 is 16.0 Å². The largest absolute Gasteiger partial charge is 0.378 e. The highest BCUT2D eigenvalue weighted by Gasteiger charge is 2.30. The average Bonchev–Trinajstić information content (AvgIpc) is 2.69. The van der Waals surface area contributed by atoms with Crippen LogP contribution in [0.2, 0.25) is 5.02 Å². The third kappa shape index (κ3) is 3.28. The molecule has 1 aromatic rings. The summed E-state index contributed by atoms with van der Waals surface area (Å²) in [5.74, 6) is -0.931. The number of amides is 2. The van der Waals surface area contributed by atoms with E-state index >= 15 is 0 Å². The number of primary amides is 1. The van der Waals surface area contributed by atoms with Crippen LogP contribution in [0.3, 0.4) is 0 Å². The lowest BCUT2D eigenvalue weighted by Gasteiger charge is -2.25. The van der Waals surface area contributed by atoms with Crippen LogP contribution in [0.4, 0.5) is 11.4 Å². The first-order chi connectivity index (χ1) is 9.93. The van der Waals surface area contributed by atoms with Gasteiger partial charge in [-0.2, -0.15) is 0 Å². The molecule has 2 amide bonds. The molecular weight excluding hydrogens is 294 g/mol.